The lowest BCUT2D eigenvalue weighted by Crippen LogP contribution is -2.28. The van der Waals surface area contributed by atoms with Gasteiger partial charge in [-0.15, -0.1) is 0 Å². The molecule has 120 valence electrons. The topological polar surface area (TPSA) is 92.0 Å². The lowest BCUT2D eigenvalue weighted by atomic mass is 10.2. The Hall–Kier alpha value is -2.51. The number of nitrogens with zero attached hydrogens (tertiary/aromatic N) is 4. The maximum Gasteiger partial charge on any atom is 0.228 e. The lowest BCUT2D eigenvalue weighted by molar-refractivity contribution is 0.106. The van der Waals surface area contributed by atoms with Crippen molar-refractivity contribution in [1.82, 2.24) is 19.9 Å². The van der Waals surface area contributed by atoms with Crippen molar-refractivity contribution >= 4 is 0 Å². The molecule has 0 bridgehead atoms. The van der Waals surface area contributed by atoms with Gasteiger partial charge < -0.3 is 15.0 Å². The van der Waals surface area contributed by atoms with Crippen molar-refractivity contribution in [3.05, 3.63) is 54.2 Å². The molecule has 0 amide bonds. The Labute approximate surface area is 134 Å². The number of rotatable bonds is 7. The van der Waals surface area contributed by atoms with Gasteiger partial charge in [0.1, 0.15) is 0 Å². The summed E-state index contributed by atoms with van der Waals surface area (Å²) in [6.07, 6.45) is 4.00. The summed E-state index contributed by atoms with van der Waals surface area (Å²) < 4.78 is 12.5. The van der Waals surface area contributed by atoms with E-state index in [0.29, 0.717) is 31.3 Å². The second-order valence-corrected chi connectivity index (χ2v) is 5.38. The van der Waals surface area contributed by atoms with E-state index in [2.05, 4.69) is 15.2 Å². The van der Waals surface area contributed by atoms with Crippen LogP contribution >= 0.6 is 0 Å². The molecule has 0 spiro atoms. The molecule has 2 aromatic heterocycles. The Morgan fingerprint density at radius 2 is 2.13 bits per heavy atom. The number of nitrogens with two attached hydrogens (primary N) is 1. The Morgan fingerprint density at radius 1 is 1.30 bits per heavy atom. The number of aromatic nitrogens is 4. The van der Waals surface area contributed by atoms with E-state index < -0.39 is 0 Å². The number of hydrogen-bond donors (Lipinski definition) is 1. The second kappa shape index (κ2) is 7.17. The van der Waals surface area contributed by atoms with Crippen LogP contribution in [0.2, 0.25) is 0 Å². The summed E-state index contributed by atoms with van der Waals surface area (Å²) in [6.45, 7) is 0.971. The normalized spacial score (nSPS) is 12.4. The van der Waals surface area contributed by atoms with E-state index in [4.69, 9.17) is 15.0 Å². The van der Waals surface area contributed by atoms with E-state index >= 15 is 0 Å². The highest BCUT2D eigenvalue weighted by atomic mass is 16.5. The number of aryl methyl sites for hydroxylation is 1. The highest BCUT2D eigenvalue weighted by Crippen LogP contribution is 2.14. The first-order valence-electron chi connectivity index (χ1n) is 7.39. The summed E-state index contributed by atoms with van der Waals surface area (Å²) >= 11 is 0. The molecule has 23 heavy (non-hydrogen) atoms. The Bertz CT molecular complexity index is 738. The maximum atomic E-state index is 6.05. The third-order valence-corrected chi connectivity index (χ3v) is 3.31. The molecule has 0 radical (unpaired) electrons. The minimum atomic E-state index is -0.194. The molecule has 0 saturated carbocycles. The van der Waals surface area contributed by atoms with Crippen molar-refractivity contribution in [2.24, 2.45) is 12.8 Å². The highest BCUT2D eigenvalue weighted by molar-refractivity contribution is 5.50. The third kappa shape index (κ3) is 4.24. The smallest absolute Gasteiger partial charge is 0.228 e. The zero-order valence-corrected chi connectivity index (χ0v) is 12.9. The molecule has 2 N–H and O–H groups in total. The number of ether oxygens (including phenoxy) is 1. The van der Waals surface area contributed by atoms with Crippen LogP contribution in [0, 0.1) is 0 Å². The van der Waals surface area contributed by atoms with E-state index in [1.165, 1.54) is 0 Å². The van der Waals surface area contributed by atoms with Gasteiger partial charge in [0, 0.05) is 25.7 Å². The zero-order valence-electron chi connectivity index (χ0n) is 12.9. The summed E-state index contributed by atoms with van der Waals surface area (Å²) in [7, 11) is 1.84. The largest absolute Gasteiger partial charge is 0.375 e. The fraction of sp³-hybridized carbons (Fsp3) is 0.312. The maximum absolute atomic E-state index is 6.05. The molecule has 7 heteroatoms. The van der Waals surface area contributed by atoms with Crippen LogP contribution in [-0.4, -0.2) is 32.6 Å². The van der Waals surface area contributed by atoms with Crippen molar-refractivity contribution in [1.29, 1.82) is 0 Å². The summed E-state index contributed by atoms with van der Waals surface area (Å²) in [4.78, 5) is 4.33. The first-order chi connectivity index (χ1) is 11.2. The molecule has 7 nitrogen and oxygen atoms in total. The minimum Gasteiger partial charge on any atom is -0.375 e. The molecule has 1 aromatic carbocycles. The number of benzene rings is 1. The van der Waals surface area contributed by atoms with Gasteiger partial charge in [-0.25, -0.2) is 0 Å². The molecule has 0 unspecified atom stereocenters. The molecule has 3 rings (SSSR count). The van der Waals surface area contributed by atoms with Crippen molar-refractivity contribution in [2.75, 3.05) is 6.61 Å². The summed E-state index contributed by atoms with van der Waals surface area (Å²) in [5.74, 6) is 1.02. The fourth-order valence-electron chi connectivity index (χ4n) is 2.18. The first kappa shape index (κ1) is 15.4. The predicted molar refractivity (Wildman–Crippen MR) is 84.3 cm³/mol. The molecule has 1 atom stereocenters. The van der Waals surface area contributed by atoms with Crippen molar-refractivity contribution in [3.63, 3.8) is 0 Å². The summed E-state index contributed by atoms with van der Waals surface area (Å²) in [5, 5.41) is 8.03. The van der Waals surface area contributed by atoms with Crippen LogP contribution in [0.3, 0.4) is 0 Å². The predicted octanol–water partition coefficient (Wildman–Crippen LogP) is 1.56. The van der Waals surface area contributed by atoms with Crippen LogP contribution < -0.4 is 5.73 Å². The van der Waals surface area contributed by atoms with Crippen molar-refractivity contribution in [2.45, 2.75) is 19.1 Å². The van der Waals surface area contributed by atoms with Crippen LogP contribution in [0.25, 0.3) is 11.4 Å². The lowest BCUT2D eigenvalue weighted by Gasteiger charge is -2.09. The van der Waals surface area contributed by atoms with E-state index in [9.17, 15) is 0 Å². The second-order valence-electron chi connectivity index (χ2n) is 5.38. The summed E-state index contributed by atoms with van der Waals surface area (Å²) in [6, 6.07) is 9.78. The van der Waals surface area contributed by atoms with Gasteiger partial charge in [-0.1, -0.05) is 35.5 Å². The van der Waals surface area contributed by atoms with Gasteiger partial charge in [-0.3, -0.25) is 4.68 Å². The molecule has 3 aromatic rings. The van der Waals surface area contributed by atoms with Crippen LogP contribution in [-0.2, 0) is 24.8 Å². The van der Waals surface area contributed by atoms with Gasteiger partial charge in [0.25, 0.3) is 0 Å². The quantitative estimate of drug-likeness (QED) is 0.711. The van der Waals surface area contributed by atoms with Crippen LogP contribution in [0.15, 0.2) is 47.2 Å². The highest BCUT2D eigenvalue weighted by Gasteiger charge is 2.13. The van der Waals surface area contributed by atoms with Gasteiger partial charge in [-0.05, 0) is 5.56 Å². The van der Waals surface area contributed by atoms with E-state index in [0.717, 1.165) is 11.1 Å². The Balaban J connectivity index is 1.48. The van der Waals surface area contributed by atoms with Gasteiger partial charge >= 0.3 is 0 Å². The molecule has 0 aliphatic rings. The minimum absolute atomic E-state index is 0.194. The molecule has 0 saturated heterocycles. The molecule has 0 fully saturated rings. The van der Waals surface area contributed by atoms with Gasteiger partial charge in [-0.2, -0.15) is 10.1 Å². The first-order valence-corrected chi connectivity index (χ1v) is 7.39. The average Bonchev–Trinajstić information content (AvgIpc) is 3.17. The molecule has 0 aliphatic carbocycles. The Morgan fingerprint density at radius 3 is 2.87 bits per heavy atom. The SMILES string of the molecule is Cn1cc(-c2noc(C[C@H](N)COCc3ccccc3)n2)cn1. The van der Waals surface area contributed by atoms with Crippen LogP contribution in [0.4, 0.5) is 0 Å². The zero-order chi connectivity index (χ0) is 16.1. The number of hydrogen-bond acceptors (Lipinski definition) is 6. The van der Waals surface area contributed by atoms with Gasteiger partial charge in [0.05, 0.1) is 25.0 Å². The van der Waals surface area contributed by atoms with Crippen LogP contribution in [0.1, 0.15) is 11.5 Å². The van der Waals surface area contributed by atoms with Gasteiger partial charge in [0.2, 0.25) is 11.7 Å². The van der Waals surface area contributed by atoms with Crippen molar-refractivity contribution < 1.29 is 9.26 Å². The molecular weight excluding hydrogens is 294 g/mol. The van der Waals surface area contributed by atoms with Gasteiger partial charge in [0.15, 0.2) is 0 Å². The Kier molecular flexibility index (Phi) is 4.80. The molecule has 0 aliphatic heterocycles. The standard InChI is InChI=1S/C16H19N5O2/c1-21-9-13(8-18-21)16-19-15(23-20-16)7-14(17)11-22-10-12-5-3-2-4-6-12/h2-6,8-9,14H,7,10-11,17H2,1H3/t14-/m0/s1. The van der Waals surface area contributed by atoms with E-state index in [-0.39, 0.29) is 6.04 Å². The van der Waals surface area contributed by atoms with Crippen LogP contribution in [0.5, 0.6) is 0 Å². The summed E-state index contributed by atoms with van der Waals surface area (Å²) in [5.41, 5.74) is 7.99. The molecule has 2 heterocycles. The molecular formula is C16H19N5O2. The monoisotopic (exact) mass is 313 g/mol. The van der Waals surface area contributed by atoms with Crippen molar-refractivity contribution in [3.8, 4) is 11.4 Å². The van der Waals surface area contributed by atoms with E-state index in [1.54, 1.807) is 10.9 Å². The van der Waals surface area contributed by atoms with E-state index in [1.807, 2.05) is 43.6 Å². The average molecular weight is 313 g/mol. The fourth-order valence-corrected chi connectivity index (χ4v) is 2.18. The third-order valence-electron chi connectivity index (χ3n) is 3.31.